The summed E-state index contributed by atoms with van der Waals surface area (Å²) in [5.41, 5.74) is 0.807. The van der Waals surface area contributed by atoms with Gasteiger partial charge in [0.25, 0.3) is 20.0 Å². The molecule has 0 fully saturated rings. The molecule has 0 aliphatic heterocycles. The minimum atomic E-state index is -3.87. The van der Waals surface area contributed by atoms with Crippen molar-refractivity contribution in [2.75, 3.05) is 28.4 Å². The summed E-state index contributed by atoms with van der Waals surface area (Å²) in [4.78, 5) is 0. The third-order valence-corrected chi connectivity index (χ3v) is 9.84. The summed E-state index contributed by atoms with van der Waals surface area (Å²) >= 11 is 0. The highest BCUT2D eigenvalue weighted by Crippen LogP contribution is 2.23. The molecule has 2 heterocycles. The van der Waals surface area contributed by atoms with Crippen LogP contribution in [0.2, 0.25) is 0 Å². The molecule has 0 bridgehead atoms. The molecular formula is C32H46N6O8S2. The van der Waals surface area contributed by atoms with Crippen molar-refractivity contribution in [2.45, 2.75) is 75.1 Å². The van der Waals surface area contributed by atoms with Crippen LogP contribution in [0.1, 0.15) is 38.8 Å². The number of nitrogens with zero attached hydrogens (tertiary/aromatic N) is 5. The van der Waals surface area contributed by atoms with Crippen LogP contribution in [-0.4, -0.2) is 80.3 Å². The van der Waals surface area contributed by atoms with Gasteiger partial charge in [0.05, 0.1) is 38.5 Å². The Labute approximate surface area is 283 Å². The van der Waals surface area contributed by atoms with E-state index in [-0.39, 0.29) is 23.1 Å². The quantitative estimate of drug-likeness (QED) is 0.192. The van der Waals surface area contributed by atoms with Gasteiger partial charge in [0.15, 0.2) is 10.1 Å². The molecule has 264 valence electrons. The zero-order valence-electron chi connectivity index (χ0n) is 28.7. The lowest BCUT2D eigenvalue weighted by Crippen LogP contribution is -2.31. The van der Waals surface area contributed by atoms with E-state index in [4.69, 9.17) is 24.1 Å². The van der Waals surface area contributed by atoms with E-state index in [1.54, 1.807) is 45.5 Å². The maximum Gasteiger partial charge on any atom is 0.262 e. The molecule has 4 rings (SSSR count). The molecule has 2 aromatic carbocycles. The van der Waals surface area contributed by atoms with Gasteiger partial charge in [-0.3, -0.25) is 9.36 Å². The van der Waals surface area contributed by atoms with Crippen molar-refractivity contribution in [3.63, 3.8) is 0 Å². The summed E-state index contributed by atoms with van der Waals surface area (Å²) in [5, 5.41) is 13.0. The molecule has 0 spiro atoms. The van der Waals surface area contributed by atoms with E-state index in [0.29, 0.717) is 24.6 Å². The monoisotopic (exact) mass is 706 g/mol. The van der Waals surface area contributed by atoms with Crippen molar-refractivity contribution in [3.05, 3.63) is 84.2 Å². The predicted octanol–water partition coefficient (Wildman–Crippen LogP) is 3.67. The van der Waals surface area contributed by atoms with Gasteiger partial charge < -0.3 is 18.9 Å². The topological polar surface area (TPSA) is 170 Å². The lowest BCUT2D eigenvalue weighted by Gasteiger charge is -2.23. The fourth-order valence-electron chi connectivity index (χ4n) is 4.29. The van der Waals surface area contributed by atoms with E-state index in [9.17, 15) is 16.8 Å². The van der Waals surface area contributed by atoms with Gasteiger partial charge in [0.2, 0.25) is 0 Å². The van der Waals surface area contributed by atoms with Crippen molar-refractivity contribution in [3.8, 4) is 11.5 Å². The Balaban J connectivity index is 0.000000348. The third-order valence-electron chi connectivity index (χ3n) is 7.35. The third kappa shape index (κ3) is 11.1. The Kier molecular flexibility index (Phi) is 12.9. The van der Waals surface area contributed by atoms with Crippen LogP contribution in [0.25, 0.3) is 0 Å². The second kappa shape index (κ2) is 16.1. The molecule has 2 aromatic heterocycles. The number of aromatic nitrogens is 4. The molecule has 48 heavy (non-hydrogen) atoms. The van der Waals surface area contributed by atoms with E-state index in [2.05, 4.69) is 10.2 Å². The maximum absolute atomic E-state index is 13.6. The van der Waals surface area contributed by atoms with Crippen LogP contribution < -0.4 is 14.6 Å². The van der Waals surface area contributed by atoms with E-state index in [1.807, 2.05) is 76.2 Å². The summed E-state index contributed by atoms with van der Waals surface area (Å²) in [6.07, 6.45) is 3.22. The maximum atomic E-state index is 13.6. The first-order valence-corrected chi connectivity index (χ1v) is 17.9. The van der Waals surface area contributed by atoms with Crippen LogP contribution in [0.4, 0.5) is 0 Å². The van der Waals surface area contributed by atoms with Gasteiger partial charge in [-0.25, -0.2) is 22.0 Å². The van der Waals surface area contributed by atoms with Crippen molar-refractivity contribution >= 4 is 20.0 Å². The molecule has 0 atom stereocenters. The van der Waals surface area contributed by atoms with Crippen LogP contribution >= 0.6 is 0 Å². The Hall–Kier alpha value is -3.80. The number of rotatable bonds is 15. The van der Waals surface area contributed by atoms with Crippen molar-refractivity contribution in [2.24, 2.45) is 5.14 Å². The number of benzene rings is 2. The van der Waals surface area contributed by atoms with Crippen LogP contribution in [0.5, 0.6) is 11.5 Å². The van der Waals surface area contributed by atoms with Gasteiger partial charge in [-0.1, -0.05) is 24.3 Å². The molecule has 4 aromatic rings. The molecule has 0 unspecified atom stereocenters. The van der Waals surface area contributed by atoms with E-state index in [0.717, 1.165) is 11.1 Å². The van der Waals surface area contributed by atoms with Crippen LogP contribution in [-0.2, 0) is 55.7 Å². The number of hydrogen-bond donors (Lipinski definition) is 1. The zero-order valence-corrected chi connectivity index (χ0v) is 30.3. The number of sulfonamides is 2. The fraction of sp³-hybridized carbons (Fsp3) is 0.438. The van der Waals surface area contributed by atoms with Gasteiger partial charge in [-0.15, -0.1) is 0 Å². The Morgan fingerprint density at radius 2 is 1.02 bits per heavy atom. The van der Waals surface area contributed by atoms with Gasteiger partial charge in [-0.05, 0) is 75.2 Å². The highest BCUT2D eigenvalue weighted by Gasteiger charge is 2.28. The van der Waals surface area contributed by atoms with Crippen LogP contribution in [0.15, 0.2) is 83.1 Å². The Bertz CT molecular complexity index is 1770. The second-order valence-electron chi connectivity index (χ2n) is 12.1. The standard InChI is InChI=1S/C24H31N3O5S.C8H15N3O3S/c1-24(2,32-5)18-26-15-14-23(25-26)33(28,29)27(16-19-6-10-21(30-3)11-7-19)17-20-8-12-22(31-4)13-9-20;1-8(2,14-3)6-11-5-4-7(10-11)15(9,12)13/h6-15H,16-18H2,1-5H3;4-5H,6H2,1-3H3,(H2,9,12,13). The van der Waals surface area contributed by atoms with Gasteiger partial charge >= 0.3 is 0 Å². The van der Waals surface area contributed by atoms with Crippen molar-refractivity contribution < 1.29 is 35.8 Å². The summed E-state index contributed by atoms with van der Waals surface area (Å²) in [6.45, 7) is 8.86. The summed E-state index contributed by atoms with van der Waals surface area (Å²) < 4.78 is 74.7. The zero-order chi connectivity index (χ0) is 35.8. The number of nitrogens with two attached hydrogens (primary N) is 1. The summed E-state index contributed by atoms with van der Waals surface area (Å²) in [7, 11) is -1.20. The first-order chi connectivity index (χ1) is 22.4. The summed E-state index contributed by atoms with van der Waals surface area (Å²) in [6, 6.07) is 17.6. The molecule has 0 amide bonds. The molecule has 14 nitrogen and oxygen atoms in total. The molecule has 2 N–H and O–H groups in total. The van der Waals surface area contributed by atoms with E-state index < -0.39 is 31.2 Å². The van der Waals surface area contributed by atoms with E-state index >= 15 is 0 Å². The number of hydrogen-bond acceptors (Lipinski definition) is 10. The highest BCUT2D eigenvalue weighted by atomic mass is 32.2. The number of methoxy groups -OCH3 is 4. The van der Waals surface area contributed by atoms with Crippen LogP contribution in [0.3, 0.4) is 0 Å². The first-order valence-electron chi connectivity index (χ1n) is 14.9. The van der Waals surface area contributed by atoms with Gasteiger partial charge in [0, 0.05) is 39.7 Å². The number of primary sulfonamides is 1. The average Bonchev–Trinajstić information content (AvgIpc) is 3.72. The highest BCUT2D eigenvalue weighted by molar-refractivity contribution is 7.89. The Morgan fingerprint density at radius 3 is 1.35 bits per heavy atom. The van der Waals surface area contributed by atoms with Crippen molar-refractivity contribution in [1.29, 1.82) is 0 Å². The fourth-order valence-corrected chi connectivity index (χ4v) is 6.10. The molecular weight excluding hydrogens is 661 g/mol. The average molecular weight is 707 g/mol. The van der Waals surface area contributed by atoms with Gasteiger partial charge in [0.1, 0.15) is 11.5 Å². The molecule has 0 aliphatic carbocycles. The van der Waals surface area contributed by atoms with E-state index in [1.165, 1.54) is 21.1 Å². The SMILES string of the molecule is COC(C)(C)Cn1ccc(S(N)(=O)=O)n1.COc1ccc(CN(Cc2ccc(OC)cc2)S(=O)(=O)c2ccn(CC(C)(C)OC)n2)cc1. The molecule has 0 radical (unpaired) electrons. The summed E-state index contributed by atoms with van der Waals surface area (Å²) in [5.74, 6) is 1.42. The second-order valence-corrected chi connectivity index (χ2v) is 15.5. The largest absolute Gasteiger partial charge is 0.497 e. The molecule has 0 saturated heterocycles. The first kappa shape index (κ1) is 38.6. The van der Waals surface area contributed by atoms with Crippen molar-refractivity contribution in [1.82, 2.24) is 23.9 Å². The minimum absolute atomic E-state index is 0.00331. The molecule has 0 aliphatic rings. The lowest BCUT2D eigenvalue weighted by molar-refractivity contribution is 0.00487. The van der Waals surface area contributed by atoms with Gasteiger partial charge in [-0.2, -0.15) is 14.5 Å². The lowest BCUT2D eigenvalue weighted by atomic mass is 10.1. The smallest absolute Gasteiger partial charge is 0.262 e. The number of ether oxygens (including phenoxy) is 4. The predicted molar refractivity (Wildman–Crippen MR) is 180 cm³/mol. The normalized spacial score (nSPS) is 12.5. The Morgan fingerprint density at radius 1 is 0.646 bits per heavy atom. The minimum Gasteiger partial charge on any atom is -0.497 e. The molecule has 16 heteroatoms. The molecule has 0 saturated carbocycles. The van der Waals surface area contributed by atoms with Crippen LogP contribution in [0, 0.1) is 0 Å².